The molecular formula is C15H21NOS. The Balaban J connectivity index is 2.04. The van der Waals surface area contributed by atoms with Crippen LogP contribution in [0.1, 0.15) is 38.7 Å². The van der Waals surface area contributed by atoms with Crippen LogP contribution in [0.3, 0.4) is 0 Å². The summed E-state index contributed by atoms with van der Waals surface area (Å²) in [6.07, 6.45) is 4.00. The van der Waals surface area contributed by atoms with Gasteiger partial charge in [0, 0.05) is 17.0 Å². The number of likely N-dealkylation sites (tertiary alicyclic amines) is 1. The lowest BCUT2D eigenvalue weighted by Gasteiger charge is -2.39. The van der Waals surface area contributed by atoms with Crippen molar-refractivity contribution in [1.82, 2.24) is 4.90 Å². The summed E-state index contributed by atoms with van der Waals surface area (Å²) in [4.78, 5) is 15.4. The van der Waals surface area contributed by atoms with Crippen LogP contribution in [0.4, 0.5) is 0 Å². The van der Waals surface area contributed by atoms with E-state index in [0.29, 0.717) is 18.5 Å². The van der Waals surface area contributed by atoms with Gasteiger partial charge in [-0.15, -0.1) is 12.6 Å². The molecule has 1 aliphatic heterocycles. The molecule has 1 aromatic rings. The second-order valence-corrected chi connectivity index (χ2v) is 5.79. The summed E-state index contributed by atoms with van der Waals surface area (Å²) in [5, 5.41) is 0. The van der Waals surface area contributed by atoms with Gasteiger partial charge >= 0.3 is 0 Å². The van der Waals surface area contributed by atoms with Gasteiger partial charge in [0.25, 0.3) is 0 Å². The Morgan fingerprint density at radius 2 is 1.78 bits per heavy atom. The van der Waals surface area contributed by atoms with Crippen molar-refractivity contribution in [2.45, 2.75) is 56.5 Å². The average Bonchev–Trinajstić information content (AvgIpc) is 2.32. The van der Waals surface area contributed by atoms with E-state index < -0.39 is 0 Å². The van der Waals surface area contributed by atoms with Crippen LogP contribution in [-0.2, 0) is 11.2 Å². The summed E-state index contributed by atoms with van der Waals surface area (Å²) in [5.41, 5.74) is 1.07. The first-order valence-corrected chi connectivity index (χ1v) is 7.11. The molecule has 0 saturated carbocycles. The average molecular weight is 263 g/mol. The molecule has 98 valence electrons. The van der Waals surface area contributed by atoms with E-state index in [1.165, 1.54) is 6.42 Å². The van der Waals surface area contributed by atoms with E-state index >= 15 is 0 Å². The number of thiol groups is 1. The van der Waals surface area contributed by atoms with Crippen molar-refractivity contribution in [3.05, 3.63) is 29.8 Å². The molecule has 0 radical (unpaired) electrons. The molecule has 0 aliphatic carbocycles. The third-order valence-electron chi connectivity index (χ3n) is 3.77. The number of amides is 1. The summed E-state index contributed by atoms with van der Waals surface area (Å²) in [6.45, 7) is 4.31. The predicted molar refractivity (Wildman–Crippen MR) is 77.0 cm³/mol. The maximum absolute atomic E-state index is 12.4. The highest BCUT2D eigenvalue weighted by molar-refractivity contribution is 7.80. The Morgan fingerprint density at radius 3 is 2.33 bits per heavy atom. The van der Waals surface area contributed by atoms with Crippen LogP contribution in [0.2, 0.25) is 0 Å². The summed E-state index contributed by atoms with van der Waals surface area (Å²) in [6, 6.07) is 8.61. The van der Waals surface area contributed by atoms with Crippen molar-refractivity contribution in [3.8, 4) is 0 Å². The zero-order valence-corrected chi connectivity index (χ0v) is 12.0. The second-order valence-electron chi connectivity index (χ2n) is 5.27. The summed E-state index contributed by atoms with van der Waals surface area (Å²) in [7, 11) is 0. The molecule has 3 heteroatoms. The number of rotatable bonds is 2. The van der Waals surface area contributed by atoms with E-state index in [0.717, 1.165) is 23.3 Å². The molecule has 1 saturated heterocycles. The van der Waals surface area contributed by atoms with Gasteiger partial charge in [-0.2, -0.15) is 0 Å². The van der Waals surface area contributed by atoms with E-state index in [4.69, 9.17) is 0 Å². The number of benzene rings is 1. The third-order valence-corrected chi connectivity index (χ3v) is 4.07. The molecule has 0 bridgehead atoms. The number of hydrogen-bond acceptors (Lipinski definition) is 2. The molecule has 1 fully saturated rings. The van der Waals surface area contributed by atoms with Gasteiger partial charge in [-0.3, -0.25) is 4.79 Å². The van der Waals surface area contributed by atoms with Gasteiger partial charge < -0.3 is 4.90 Å². The summed E-state index contributed by atoms with van der Waals surface area (Å²) < 4.78 is 0. The third kappa shape index (κ3) is 3.08. The maximum atomic E-state index is 12.4. The fourth-order valence-electron chi connectivity index (χ4n) is 2.79. The predicted octanol–water partition coefficient (Wildman–Crippen LogP) is 3.31. The van der Waals surface area contributed by atoms with E-state index in [9.17, 15) is 4.79 Å². The van der Waals surface area contributed by atoms with Crippen molar-refractivity contribution >= 4 is 18.5 Å². The van der Waals surface area contributed by atoms with Crippen molar-refractivity contribution in [2.24, 2.45) is 0 Å². The highest BCUT2D eigenvalue weighted by atomic mass is 32.1. The van der Waals surface area contributed by atoms with Crippen molar-refractivity contribution in [3.63, 3.8) is 0 Å². The Morgan fingerprint density at radius 1 is 1.22 bits per heavy atom. The number of carbonyl (C=O) groups is 1. The van der Waals surface area contributed by atoms with Crippen LogP contribution < -0.4 is 0 Å². The smallest absolute Gasteiger partial charge is 0.227 e. The molecule has 0 unspecified atom stereocenters. The Labute approximate surface area is 115 Å². The van der Waals surface area contributed by atoms with E-state index in [-0.39, 0.29) is 5.91 Å². The van der Waals surface area contributed by atoms with Crippen LogP contribution in [0.5, 0.6) is 0 Å². The van der Waals surface area contributed by atoms with Gasteiger partial charge in [0.2, 0.25) is 5.91 Å². The van der Waals surface area contributed by atoms with E-state index in [2.05, 4.69) is 31.4 Å². The lowest BCUT2D eigenvalue weighted by molar-refractivity contribution is -0.136. The minimum atomic E-state index is 0.251. The largest absolute Gasteiger partial charge is 0.337 e. The standard InChI is InChI=1S/C15H21NOS/c1-11-4-3-5-12(2)16(11)15(17)10-13-6-8-14(18)9-7-13/h6-9,11-12,18H,3-5,10H2,1-2H3/t11-,12+. The molecule has 0 spiro atoms. The first-order chi connectivity index (χ1) is 8.58. The second kappa shape index (κ2) is 5.79. The van der Waals surface area contributed by atoms with Crippen LogP contribution >= 0.6 is 12.6 Å². The molecule has 1 heterocycles. The molecule has 18 heavy (non-hydrogen) atoms. The fourth-order valence-corrected chi connectivity index (χ4v) is 2.94. The molecule has 1 aromatic carbocycles. The van der Waals surface area contributed by atoms with Gasteiger partial charge in [-0.05, 0) is 50.8 Å². The number of carbonyl (C=O) groups excluding carboxylic acids is 1. The first kappa shape index (κ1) is 13.5. The molecule has 2 rings (SSSR count). The van der Waals surface area contributed by atoms with Crippen LogP contribution in [-0.4, -0.2) is 22.9 Å². The van der Waals surface area contributed by atoms with E-state index in [1.54, 1.807) is 0 Å². The van der Waals surface area contributed by atoms with Crippen molar-refractivity contribution < 1.29 is 4.79 Å². The van der Waals surface area contributed by atoms with Gasteiger partial charge in [0.05, 0.1) is 6.42 Å². The molecule has 1 aliphatic rings. The van der Waals surface area contributed by atoms with Crippen molar-refractivity contribution in [2.75, 3.05) is 0 Å². The molecule has 2 atom stereocenters. The summed E-state index contributed by atoms with van der Waals surface area (Å²) in [5.74, 6) is 0.251. The Kier molecular flexibility index (Phi) is 4.33. The van der Waals surface area contributed by atoms with Crippen molar-refractivity contribution in [1.29, 1.82) is 0 Å². The van der Waals surface area contributed by atoms with Crippen LogP contribution in [0.15, 0.2) is 29.2 Å². The van der Waals surface area contributed by atoms with Crippen LogP contribution in [0.25, 0.3) is 0 Å². The Bertz CT molecular complexity index is 405. The number of nitrogens with zero attached hydrogens (tertiary/aromatic N) is 1. The minimum absolute atomic E-state index is 0.251. The number of piperidine rings is 1. The Hall–Kier alpha value is -0.960. The summed E-state index contributed by atoms with van der Waals surface area (Å²) >= 11 is 4.26. The fraction of sp³-hybridized carbons (Fsp3) is 0.533. The van der Waals surface area contributed by atoms with Gasteiger partial charge in [-0.25, -0.2) is 0 Å². The minimum Gasteiger partial charge on any atom is -0.337 e. The highest BCUT2D eigenvalue weighted by Gasteiger charge is 2.28. The zero-order chi connectivity index (χ0) is 13.1. The van der Waals surface area contributed by atoms with Crippen LogP contribution in [0, 0.1) is 0 Å². The van der Waals surface area contributed by atoms with Gasteiger partial charge in [0.15, 0.2) is 0 Å². The van der Waals surface area contributed by atoms with Gasteiger partial charge in [0.1, 0.15) is 0 Å². The zero-order valence-electron chi connectivity index (χ0n) is 11.1. The SMILES string of the molecule is C[C@@H]1CCC[C@H](C)N1C(=O)Cc1ccc(S)cc1. The molecular weight excluding hydrogens is 242 g/mol. The maximum Gasteiger partial charge on any atom is 0.227 e. The molecule has 2 nitrogen and oxygen atoms in total. The first-order valence-electron chi connectivity index (χ1n) is 6.67. The molecule has 0 aromatic heterocycles. The normalized spacial score (nSPS) is 24.1. The quantitative estimate of drug-likeness (QED) is 0.812. The lowest BCUT2D eigenvalue weighted by atomic mass is 9.96. The highest BCUT2D eigenvalue weighted by Crippen LogP contribution is 2.23. The molecule has 1 amide bonds. The topological polar surface area (TPSA) is 20.3 Å². The monoisotopic (exact) mass is 263 g/mol. The molecule has 0 N–H and O–H groups in total. The van der Waals surface area contributed by atoms with E-state index in [1.807, 2.05) is 24.3 Å². The van der Waals surface area contributed by atoms with Gasteiger partial charge in [-0.1, -0.05) is 12.1 Å². The number of hydrogen-bond donors (Lipinski definition) is 1. The lowest BCUT2D eigenvalue weighted by Crippen LogP contribution is -2.48.